The molecule has 2 N–H and O–H groups in total. The molecule has 0 bridgehead atoms. The molecule has 0 fully saturated rings. The number of fused-ring (bicyclic) bond motifs is 1. The topological polar surface area (TPSA) is 144 Å². The lowest BCUT2D eigenvalue weighted by Gasteiger charge is -2.09. The molecule has 4 rings (SSSR count). The maximum absolute atomic E-state index is 11.0. The van der Waals surface area contributed by atoms with Gasteiger partial charge in [0.25, 0.3) is 5.69 Å². The van der Waals surface area contributed by atoms with E-state index in [4.69, 9.17) is 11.6 Å². The van der Waals surface area contributed by atoms with Crippen molar-refractivity contribution in [3.63, 3.8) is 0 Å². The molecule has 4 aromatic rings. The average Bonchev–Trinajstić information content (AvgIpc) is 3.18. The summed E-state index contributed by atoms with van der Waals surface area (Å²) in [6, 6.07) is 12.0. The van der Waals surface area contributed by atoms with E-state index in [1.165, 1.54) is 18.3 Å². The zero-order valence-corrected chi connectivity index (χ0v) is 17.7. The molecule has 0 saturated heterocycles. The standard InChI is InChI=1S/C17H10ClIN8O3/c18-12-6-1-9(7-13(12)27(28)29)8-20-24-15-14(21-11-4-2-10(19)3-5-11)22-16-17(23-15)26-30-25-16/h1-8H,(H,21,22,25)(H,23,24,26). The third-order valence-electron chi connectivity index (χ3n) is 3.77. The summed E-state index contributed by atoms with van der Waals surface area (Å²) in [6.07, 6.45) is 1.39. The lowest BCUT2D eigenvalue weighted by Crippen LogP contribution is -2.03. The second-order valence-corrected chi connectivity index (χ2v) is 7.45. The predicted octanol–water partition coefficient (Wildman–Crippen LogP) is 4.37. The first-order chi connectivity index (χ1) is 14.5. The van der Waals surface area contributed by atoms with E-state index < -0.39 is 4.92 Å². The highest BCUT2D eigenvalue weighted by Gasteiger charge is 2.14. The fourth-order valence-corrected chi connectivity index (χ4v) is 2.94. The van der Waals surface area contributed by atoms with Crippen molar-refractivity contribution < 1.29 is 9.55 Å². The number of nitrogens with zero attached hydrogens (tertiary/aromatic N) is 6. The van der Waals surface area contributed by atoms with Crippen molar-refractivity contribution in [2.45, 2.75) is 0 Å². The Kier molecular flexibility index (Phi) is 5.67. The Morgan fingerprint density at radius 2 is 1.80 bits per heavy atom. The van der Waals surface area contributed by atoms with Crippen LogP contribution in [0.4, 0.5) is 23.0 Å². The third kappa shape index (κ3) is 4.44. The Balaban J connectivity index is 1.61. The minimum atomic E-state index is -0.562. The number of halogens is 2. The summed E-state index contributed by atoms with van der Waals surface area (Å²) in [5.41, 5.74) is 4.23. The van der Waals surface area contributed by atoms with E-state index in [1.54, 1.807) is 6.07 Å². The quantitative estimate of drug-likeness (QED) is 0.159. The van der Waals surface area contributed by atoms with Crippen LogP contribution in [-0.2, 0) is 0 Å². The van der Waals surface area contributed by atoms with E-state index in [-0.39, 0.29) is 27.8 Å². The van der Waals surface area contributed by atoms with Gasteiger partial charge in [0, 0.05) is 20.9 Å². The molecular formula is C17H10ClIN8O3. The lowest BCUT2D eigenvalue weighted by atomic mass is 10.2. The normalized spacial score (nSPS) is 11.1. The van der Waals surface area contributed by atoms with Crippen LogP contribution in [0.3, 0.4) is 0 Å². The first kappa shape index (κ1) is 19.9. The van der Waals surface area contributed by atoms with Crippen molar-refractivity contribution in [2.75, 3.05) is 10.7 Å². The van der Waals surface area contributed by atoms with Crippen LogP contribution in [0.25, 0.3) is 11.3 Å². The van der Waals surface area contributed by atoms with Crippen LogP contribution in [-0.4, -0.2) is 31.4 Å². The van der Waals surface area contributed by atoms with Gasteiger partial charge in [0.15, 0.2) is 11.6 Å². The molecule has 0 radical (unpaired) electrons. The number of nitrogens with one attached hydrogen (secondary N) is 2. The zero-order valence-electron chi connectivity index (χ0n) is 14.8. The fraction of sp³-hybridized carbons (Fsp3) is 0. The summed E-state index contributed by atoms with van der Waals surface area (Å²) in [5, 5.41) is 25.7. The van der Waals surface area contributed by atoms with Crippen LogP contribution in [0, 0.1) is 13.7 Å². The first-order valence-electron chi connectivity index (χ1n) is 8.25. The molecule has 0 aliphatic heterocycles. The Morgan fingerprint density at radius 3 is 2.50 bits per heavy atom. The minimum absolute atomic E-state index is 0.0453. The van der Waals surface area contributed by atoms with Crippen molar-refractivity contribution in [2.24, 2.45) is 5.10 Å². The molecule has 2 heterocycles. The number of nitro groups is 1. The highest BCUT2D eigenvalue weighted by molar-refractivity contribution is 14.1. The number of aromatic nitrogens is 4. The molecule has 0 aliphatic rings. The van der Waals surface area contributed by atoms with Gasteiger partial charge in [-0.2, -0.15) is 10.1 Å². The molecule has 0 spiro atoms. The molecule has 0 amide bonds. The maximum Gasteiger partial charge on any atom is 0.288 e. The monoisotopic (exact) mass is 536 g/mol. The Morgan fingerprint density at radius 1 is 1.10 bits per heavy atom. The van der Waals surface area contributed by atoms with Gasteiger partial charge >= 0.3 is 0 Å². The van der Waals surface area contributed by atoms with Crippen molar-refractivity contribution in [3.8, 4) is 0 Å². The Bertz CT molecular complexity index is 1260. The summed E-state index contributed by atoms with van der Waals surface area (Å²) in [6.45, 7) is 0. The van der Waals surface area contributed by atoms with Crippen molar-refractivity contribution in [1.82, 2.24) is 20.3 Å². The maximum atomic E-state index is 11.0. The molecule has 30 heavy (non-hydrogen) atoms. The Labute approximate surface area is 186 Å². The zero-order chi connectivity index (χ0) is 21.1. The number of benzene rings is 2. The van der Waals surface area contributed by atoms with Crippen LogP contribution in [0.15, 0.2) is 52.2 Å². The second-order valence-electron chi connectivity index (χ2n) is 5.80. The van der Waals surface area contributed by atoms with Gasteiger partial charge in [0.2, 0.25) is 11.3 Å². The van der Waals surface area contributed by atoms with Crippen LogP contribution >= 0.6 is 34.2 Å². The third-order valence-corrected chi connectivity index (χ3v) is 4.81. The van der Waals surface area contributed by atoms with Gasteiger partial charge in [0.1, 0.15) is 5.02 Å². The van der Waals surface area contributed by atoms with Crippen molar-refractivity contribution in [1.29, 1.82) is 0 Å². The van der Waals surface area contributed by atoms with E-state index in [2.05, 4.69) is 63.3 Å². The van der Waals surface area contributed by atoms with E-state index in [0.717, 1.165) is 9.26 Å². The van der Waals surface area contributed by atoms with E-state index in [0.29, 0.717) is 11.4 Å². The number of hydrazone groups is 1. The van der Waals surface area contributed by atoms with Crippen molar-refractivity contribution >= 4 is 74.7 Å². The Hall–Kier alpha value is -3.39. The van der Waals surface area contributed by atoms with Gasteiger partial charge in [-0.3, -0.25) is 15.5 Å². The van der Waals surface area contributed by atoms with Crippen LogP contribution in [0.2, 0.25) is 5.02 Å². The fourth-order valence-electron chi connectivity index (χ4n) is 2.39. The average molecular weight is 537 g/mol. The molecule has 0 atom stereocenters. The number of rotatable bonds is 6. The number of nitro benzene ring substituents is 1. The number of hydrogen-bond donors (Lipinski definition) is 2. The van der Waals surface area contributed by atoms with Crippen LogP contribution in [0.5, 0.6) is 0 Å². The molecule has 0 unspecified atom stereocenters. The molecule has 13 heteroatoms. The SMILES string of the molecule is O=[N+]([O-])c1cc(C=NNc2nc3nonc3nc2Nc2ccc(I)cc2)ccc1Cl. The molecule has 2 aromatic carbocycles. The highest BCUT2D eigenvalue weighted by atomic mass is 127. The van der Waals surface area contributed by atoms with E-state index >= 15 is 0 Å². The highest BCUT2D eigenvalue weighted by Crippen LogP contribution is 2.26. The summed E-state index contributed by atoms with van der Waals surface area (Å²) >= 11 is 8.03. The lowest BCUT2D eigenvalue weighted by molar-refractivity contribution is -0.384. The van der Waals surface area contributed by atoms with Gasteiger partial charge in [-0.05, 0) is 63.2 Å². The summed E-state index contributed by atoms with van der Waals surface area (Å²) in [5.74, 6) is 0.607. The predicted molar refractivity (Wildman–Crippen MR) is 119 cm³/mol. The van der Waals surface area contributed by atoms with E-state index in [1.807, 2.05) is 24.3 Å². The van der Waals surface area contributed by atoms with Crippen molar-refractivity contribution in [3.05, 3.63) is 66.7 Å². The molecule has 11 nitrogen and oxygen atoms in total. The summed E-state index contributed by atoms with van der Waals surface area (Å²) < 4.78 is 5.75. The molecular weight excluding hydrogens is 527 g/mol. The molecule has 0 aliphatic carbocycles. The van der Waals surface area contributed by atoms with Crippen LogP contribution in [0.1, 0.15) is 5.56 Å². The smallest absolute Gasteiger partial charge is 0.288 e. The number of hydrogen-bond acceptors (Lipinski definition) is 10. The van der Waals surface area contributed by atoms with E-state index in [9.17, 15) is 10.1 Å². The molecule has 2 aromatic heterocycles. The number of anilines is 3. The van der Waals surface area contributed by atoms with Gasteiger partial charge < -0.3 is 5.32 Å². The van der Waals surface area contributed by atoms with Gasteiger partial charge in [-0.25, -0.2) is 9.61 Å². The molecule has 150 valence electrons. The van der Waals surface area contributed by atoms with Gasteiger partial charge in [-0.15, -0.1) is 0 Å². The van der Waals surface area contributed by atoms with Crippen LogP contribution < -0.4 is 10.7 Å². The minimum Gasteiger partial charge on any atom is -0.337 e. The summed E-state index contributed by atoms with van der Waals surface area (Å²) in [4.78, 5) is 19.1. The largest absolute Gasteiger partial charge is 0.337 e. The first-order valence-corrected chi connectivity index (χ1v) is 9.71. The second kappa shape index (κ2) is 8.54. The molecule has 0 saturated carbocycles. The summed E-state index contributed by atoms with van der Waals surface area (Å²) in [7, 11) is 0. The van der Waals surface area contributed by atoms with Gasteiger partial charge in [-0.1, -0.05) is 17.7 Å². The van der Waals surface area contributed by atoms with Gasteiger partial charge in [0.05, 0.1) is 11.1 Å².